The van der Waals surface area contributed by atoms with E-state index in [2.05, 4.69) is 33.2 Å². The van der Waals surface area contributed by atoms with Crippen LogP contribution in [-0.2, 0) is 6.54 Å². The number of hydrogen-bond donors (Lipinski definition) is 2. The van der Waals surface area contributed by atoms with Crippen LogP contribution in [-0.4, -0.2) is 34.0 Å². The van der Waals surface area contributed by atoms with Crippen LogP contribution >= 0.6 is 0 Å². The van der Waals surface area contributed by atoms with Gasteiger partial charge in [0.05, 0.1) is 5.52 Å². The number of rotatable bonds is 3. The SMILES string of the molecule is NC(=NO)C1CCN(Cc2ccnc3ccccc23)CC1. The Kier molecular flexibility index (Phi) is 4.01. The number of benzene rings is 1. The van der Waals surface area contributed by atoms with Crippen molar-refractivity contribution in [3.05, 3.63) is 42.1 Å². The van der Waals surface area contributed by atoms with Gasteiger partial charge in [0.2, 0.25) is 0 Å². The molecular formula is C16H20N4O. The van der Waals surface area contributed by atoms with E-state index in [4.69, 9.17) is 10.9 Å². The highest BCUT2D eigenvalue weighted by Gasteiger charge is 2.22. The number of nitrogens with two attached hydrogens (primary N) is 1. The molecule has 0 radical (unpaired) electrons. The number of para-hydroxylation sites is 1. The first-order chi connectivity index (χ1) is 10.3. The Morgan fingerprint density at radius 1 is 1.29 bits per heavy atom. The van der Waals surface area contributed by atoms with Gasteiger partial charge < -0.3 is 10.9 Å². The standard InChI is InChI=1S/C16H20N4O/c17-16(19-21)12-6-9-20(10-7-12)11-13-5-8-18-15-4-2-1-3-14(13)15/h1-5,8,12,21H,6-7,9-11H2,(H2,17,19). The predicted octanol–water partition coefficient (Wildman–Crippen LogP) is 2.19. The predicted molar refractivity (Wildman–Crippen MR) is 83.2 cm³/mol. The molecule has 21 heavy (non-hydrogen) atoms. The van der Waals surface area contributed by atoms with Crippen molar-refractivity contribution in [1.29, 1.82) is 0 Å². The number of amidine groups is 1. The van der Waals surface area contributed by atoms with Gasteiger partial charge in [0.25, 0.3) is 0 Å². The molecule has 1 aliphatic heterocycles. The molecule has 0 atom stereocenters. The molecule has 0 aliphatic carbocycles. The first-order valence-corrected chi connectivity index (χ1v) is 7.30. The van der Waals surface area contributed by atoms with Crippen molar-refractivity contribution < 1.29 is 5.21 Å². The van der Waals surface area contributed by atoms with Gasteiger partial charge in [0.15, 0.2) is 0 Å². The molecule has 1 aromatic carbocycles. The first kappa shape index (κ1) is 13.8. The molecule has 1 fully saturated rings. The molecule has 5 heteroatoms. The lowest BCUT2D eigenvalue weighted by Crippen LogP contribution is -2.38. The highest BCUT2D eigenvalue weighted by atomic mass is 16.4. The molecule has 0 unspecified atom stereocenters. The summed E-state index contributed by atoms with van der Waals surface area (Å²) in [4.78, 5) is 6.82. The maximum Gasteiger partial charge on any atom is 0.142 e. The second kappa shape index (κ2) is 6.10. The van der Waals surface area contributed by atoms with Crippen LogP contribution in [0.2, 0.25) is 0 Å². The lowest BCUT2D eigenvalue weighted by molar-refractivity contribution is 0.199. The summed E-state index contributed by atoms with van der Waals surface area (Å²) in [6, 6.07) is 10.3. The summed E-state index contributed by atoms with van der Waals surface area (Å²) in [5.74, 6) is 0.574. The van der Waals surface area contributed by atoms with Crippen molar-refractivity contribution >= 4 is 16.7 Å². The number of oxime groups is 1. The molecule has 1 saturated heterocycles. The van der Waals surface area contributed by atoms with Crippen molar-refractivity contribution in [2.24, 2.45) is 16.8 Å². The van der Waals surface area contributed by atoms with Gasteiger partial charge in [-0.05, 0) is 43.6 Å². The van der Waals surface area contributed by atoms with Crippen molar-refractivity contribution in [3.8, 4) is 0 Å². The van der Waals surface area contributed by atoms with Crippen molar-refractivity contribution in [1.82, 2.24) is 9.88 Å². The third-order valence-electron chi connectivity index (χ3n) is 4.25. The largest absolute Gasteiger partial charge is 0.409 e. The normalized spacial score (nSPS) is 18.2. The van der Waals surface area contributed by atoms with E-state index in [0.717, 1.165) is 38.0 Å². The third kappa shape index (κ3) is 2.97. The molecule has 0 bridgehead atoms. The summed E-state index contributed by atoms with van der Waals surface area (Å²) >= 11 is 0. The Bertz CT molecular complexity index is 642. The van der Waals surface area contributed by atoms with Crippen LogP contribution in [0.1, 0.15) is 18.4 Å². The maximum atomic E-state index is 8.75. The van der Waals surface area contributed by atoms with E-state index in [1.54, 1.807) is 0 Å². The van der Waals surface area contributed by atoms with Gasteiger partial charge in [0.1, 0.15) is 5.84 Å². The van der Waals surface area contributed by atoms with Crippen LogP contribution in [0.5, 0.6) is 0 Å². The van der Waals surface area contributed by atoms with E-state index in [1.807, 2.05) is 18.3 Å². The minimum absolute atomic E-state index is 0.209. The van der Waals surface area contributed by atoms with Gasteiger partial charge in [0, 0.05) is 24.0 Å². The van der Waals surface area contributed by atoms with Crippen LogP contribution in [0, 0.1) is 5.92 Å². The second-order valence-corrected chi connectivity index (χ2v) is 5.56. The monoisotopic (exact) mass is 284 g/mol. The van der Waals surface area contributed by atoms with Crippen LogP contribution in [0.25, 0.3) is 10.9 Å². The van der Waals surface area contributed by atoms with Gasteiger partial charge in [-0.1, -0.05) is 23.4 Å². The maximum absolute atomic E-state index is 8.75. The summed E-state index contributed by atoms with van der Waals surface area (Å²) in [5.41, 5.74) is 8.04. The number of fused-ring (bicyclic) bond motifs is 1. The average molecular weight is 284 g/mol. The van der Waals surface area contributed by atoms with Crippen LogP contribution in [0.15, 0.2) is 41.7 Å². The molecule has 2 heterocycles. The summed E-state index contributed by atoms with van der Waals surface area (Å²) in [5, 5.41) is 13.1. The first-order valence-electron chi connectivity index (χ1n) is 7.30. The molecular weight excluding hydrogens is 264 g/mol. The molecule has 1 aromatic heterocycles. The molecule has 2 aromatic rings. The molecule has 0 spiro atoms. The van der Waals surface area contributed by atoms with Crippen LogP contribution < -0.4 is 5.73 Å². The zero-order valence-electron chi connectivity index (χ0n) is 11.9. The average Bonchev–Trinajstić information content (AvgIpc) is 2.55. The smallest absolute Gasteiger partial charge is 0.142 e. The third-order valence-corrected chi connectivity index (χ3v) is 4.25. The molecule has 5 nitrogen and oxygen atoms in total. The molecule has 3 rings (SSSR count). The minimum Gasteiger partial charge on any atom is -0.409 e. The fourth-order valence-corrected chi connectivity index (χ4v) is 3.00. The van der Waals surface area contributed by atoms with Gasteiger partial charge in [-0.15, -0.1) is 0 Å². The second-order valence-electron chi connectivity index (χ2n) is 5.56. The van der Waals surface area contributed by atoms with Crippen molar-refractivity contribution in [2.45, 2.75) is 19.4 Å². The molecule has 0 saturated carbocycles. The summed E-state index contributed by atoms with van der Waals surface area (Å²) in [6.07, 6.45) is 3.76. The Morgan fingerprint density at radius 2 is 2.05 bits per heavy atom. The zero-order chi connectivity index (χ0) is 14.7. The number of nitrogens with zero attached hydrogens (tertiary/aromatic N) is 3. The van der Waals surface area contributed by atoms with E-state index in [1.165, 1.54) is 10.9 Å². The number of piperidine rings is 1. The van der Waals surface area contributed by atoms with Crippen LogP contribution in [0.4, 0.5) is 0 Å². The number of hydrogen-bond acceptors (Lipinski definition) is 4. The Labute approximate surface area is 124 Å². The highest BCUT2D eigenvalue weighted by Crippen LogP contribution is 2.22. The zero-order valence-corrected chi connectivity index (χ0v) is 11.9. The van der Waals surface area contributed by atoms with Gasteiger partial charge in [-0.3, -0.25) is 9.88 Å². The lowest BCUT2D eigenvalue weighted by Gasteiger charge is -2.31. The quantitative estimate of drug-likeness (QED) is 0.392. The Morgan fingerprint density at radius 3 is 2.81 bits per heavy atom. The lowest BCUT2D eigenvalue weighted by atomic mass is 9.95. The summed E-state index contributed by atoms with van der Waals surface area (Å²) < 4.78 is 0. The minimum atomic E-state index is 0.209. The van der Waals surface area contributed by atoms with E-state index in [0.29, 0.717) is 5.84 Å². The number of pyridine rings is 1. The van der Waals surface area contributed by atoms with E-state index in [-0.39, 0.29) is 5.92 Å². The van der Waals surface area contributed by atoms with Crippen molar-refractivity contribution in [2.75, 3.05) is 13.1 Å². The molecule has 1 aliphatic rings. The molecule has 3 N–H and O–H groups in total. The van der Waals surface area contributed by atoms with Crippen molar-refractivity contribution in [3.63, 3.8) is 0 Å². The highest BCUT2D eigenvalue weighted by molar-refractivity contribution is 5.82. The number of likely N-dealkylation sites (tertiary alicyclic amines) is 1. The van der Waals surface area contributed by atoms with Gasteiger partial charge in [-0.25, -0.2) is 0 Å². The molecule has 110 valence electrons. The van der Waals surface area contributed by atoms with E-state index < -0.39 is 0 Å². The van der Waals surface area contributed by atoms with Gasteiger partial charge >= 0.3 is 0 Å². The van der Waals surface area contributed by atoms with Crippen LogP contribution in [0.3, 0.4) is 0 Å². The Hall–Kier alpha value is -2.14. The van der Waals surface area contributed by atoms with E-state index in [9.17, 15) is 0 Å². The van der Waals surface area contributed by atoms with E-state index >= 15 is 0 Å². The molecule has 0 amide bonds. The Balaban J connectivity index is 1.70. The summed E-state index contributed by atoms with van der Waals surface area (Å²) in [6.45, 7) is 2.86. The number of aromatic nitrogens is 1. The fraction of sp³-hybridized carbons (Fsp3) is 0.375. The van der Waals surface area contributed by atoms with Gasteiger partial charge in [-0.2, -0.15) is 0 Å². The summed E-state index contributed by atoms with van der Waals surface area (Å²) in [7, 11) is 0. The fourth-order valence-electron chi connectivity index (χ4n) is 3.00. The topological polar surface area (TPSA) is 74.7 Å².